The van der Waals surface area contributed by atoms with E-state index in [0.717, 1.165) is 29.9 Å². The minimum atomic E-state index is 0.572. The highest BCUT2D eigenvalue weighted by Crippen LogP contribution is 2.35. The van der Waals surface area contributed by atoms with Crippen LogP contribution in [0.2, 0.25) is 0 Å². The van der Waals surface area contributed by atoms with Crippen molar-refractivity contribution in [2.45, 2.75) is 25.4 Å². The molecular weight excluding hydrogens is 286 g/mol. The van der Waals surface area contributed by atoms with Gasteiger partial charge in [-0.2, -0.15) is 0 Å². The Morgan fingerprint density at radius 3 is 3.09 bits per heavy atom. The van der Waals surface area contributed by atoms with Gasteiger partial charge in [0.05, 0.1) is 5.39 Å². The van der Waals surface area contributed by atoms with E-state index in [2.05, 4.69) is 55.1 Å². The molecular formula is C18H19N5. The maximum absolute atomic E-state index is 4.61. The minimum Gasteiger partial charge on any atom is -0.366 e. The maximum Gasteiger partial charge on any atom is 0.142 e. The monoisotopic (exact) mass is 305 g/mol. The summed E-state index contributed by atoms with van der Waals surface area (Å²) in [4.78, 5) is 17.1. The van der Waals surface area contributed by atoms with Crippen molar-refractivity contribution >= 4 is 22.5 Å². The van der Waals surface area contributed by atoms with Crippen LogP contribution in [0.15, 0.2) is 42.9 Å². The number of aromatic nitrogens is 3. The lowest BCUT2D eigenvalue weighted by Crippen LogP contribution is -2.37. The third-order valence-electron chi connectivity index (χ3n) is 5.10. The summed E-state index contributed by atoms with van der Waals surface area (Å²) in [6, 6.07) is 11.5. The molecule has 0 spiro atoms. The molecule has 5 nitrogen and oxygen atoms in total. The lowest BCUT2D eigenvalue weighted by molar-refractivity contribution is 0.642. The van der Waals surface area contributed by atoms with Gasteiger partial charge in [0.15, 0.2) is 0 Å². The number of aromatic amines is 1. The molecule has 1 atom stereocenters. The van der Waals surface area contributed by atoms with Crippen molar-refractivity contribution in [1.29, 1.82) is 0 Å². The zero-order valence-corrected chi connectivity index (χ0v) is 12.9. The van der Waals surface area contributed by atoms with Crippen LogP contribution >= 0.6 is 0 Å². The molecule has 0 unspecified atom stereocenters. The van der Waals surface area contributed by atoms with Gasteiger partial charge in [0.2, 0.25) is 0 Å². The van der Waals surface area contributed by atoms with Gasteiger partial charge in [-0.05, 0) is 30.5 Å². The average molecular weight is 305 g/mol. The summed E-state index contributed by atoms with van der Waals surface area (Å²) < 4.78 is 0. The van der Waals surface area contributed by atoms with Crippen molar-refractivity contribution < 1.29 is 0 Å². The molecule has 0 saturated carbocycles. The van der Waals surface area contributed by atoms with Crippen LogP contribution < -0.4 is 9.80 Å². The zero-order valence-electron chi connectivity index (χ0n) is 12.9. The number of hydrogen-bond acceptors (Lipinski definition) is 4. The van der Waals surface area contributed by atoms with Crippen LogP contribution in [0.3, 0.4) is 0 Å². The molecule has 1 fully saturated rings. The van der Waals surface area contributed by atoms with E-state index in [-0.39, 0.29) is 0 Å². The number of para-hydroxylation sites is 1. The Kier molecular flexibility index (Phi) is 2.80. The number of rotatable bonds is 1. The smallest absolute Gasteiger partial charge is 0.142 e. The van der Waals surface area contributed by atoms with Crippen LogP contribution in [0.4, 0.5) is 11.5 Å². The summed E-state index contributed by atoms with van der Waals surface area (Å²) >= 11 is 0. The highest BCUT2D eigenvalue weighted by Gasteiger charge is 2.32. The first-order chi connectivity index (χ1) is 11.4. The summed E-state index contributed by atoms with van der Waals surface area (Å²) in [5, 5.41) is 1.11. The SMILES string of the molecule is c1ccc2c(c1)CN(c1ncnc3[nH]ccc13)C[C@@H]1CCCN21. The molecule has 0 radical (unpaired) electrons. The van der Waals surface area contributed by atoms with Crippen molar-refractivity contribution in [3.05, 3.63) is 48.4 Å². The van der Waals surface area contributed by atoms with Gasteiger partial charge in [0.1, 0.15) is 17.8 Å². The van der Waals surface area contributed by atoms with Crippen LogP contribution in [0.1, 0.15) is 18.4 Å². The van der Waals surface area contributed by atoms with Crippen LogP contribution in [-0.4, -0.2) is 34.1 Å². The summed E-state index contributed by atoms with van der Waals surface area (Å²) in [6.07, 6.45) is 6.14. The molecule has 1 saturated heterocycles. The molecule has 4 heterocycles. The summed E-state index contributed by atoms with van der Waals surface area (Å²) in [5.41, 5.74) is 3.70. The van der Waals surface area contributed by atoms with Gasteiger partial charge in [0, 0.05) is 37.6 Å². The van der Waals surface area contributed by atoms with Gasteiger partial charge >= 0.3 is 0 Å². The standard InChI is InChI=1S/C18H19N5/c1-2-6-16-13(4-1)10-22(11-14-5-3-9-23(14)16)18-15-7-8-19-17(15)20-12-21-18/h1-2,4,6-8,12,14H,3,5,9-11H2,(H,19,20,21)/t14-/m0/s1. The quantitative estimate of drug-likeness (QED) is 0.751. The van der Waals surface area contributed by atoms with Crippen LogP contribution in [0.5, 0.6) is 0 Å². The average Bonchev–Trinajstić information content (AvgIpc) is 3.21. The Hall–Kier alpha value is -2.56. The van der Waals surface area contributed by atoms with Crippen LogP contribution in [-0.2, 0) is 6.54 Å². The number of nitrogens with one attached hydrogen (secondary N) is 1. The second-order valence-electron chi connectivity index (χ2n) is 6.44. The summed E-state index contributed by atoms with van der Waals surface area (Å²) in [5.74, 6) is 1.04. The van der Waals surface area contributed by atoms with E-state index < -0.39 is 0 Å². The zero-order chi connectivity index (χ0) is 15.2. The van der Waals surface area contributed by atoms with Gasteiger partial charge in [-0.1, -0.05) is 18.2 Å². The van der Waals surface area contributed by atoms with Gasteiger partial charge in [-0.15, -0.1) is 0 Å². The topological polar surface area (TPSA) is 48.1 Å². The van der Waals surface area contributed by atoms with Crippen molar-refractivity contribution in [3.63, 3.8) is 0 Å². The minimum absolute atomic E-state index is 0.572. The molecule has 1 aromatic carbocycles. The maximum atomic E-state index is 4.61. The summed E-state index contributed by atoms with van der Waals surface area (Å²) in [7, 11) is 0. The van der Waals surface area contributed by atoms with Crippen LogP contribution in [0.25, 0.3) is 11.0 Å². The fourth-order valence-corrected chi connectivity index (χ4v) is 4.06. The van der Waals surface area contributed by atoms with E-state index in [9.17, 15) is 0 Å². The van der Waals surface area contributed by atoms with Gasteiger partial charge < -0.3 is 14.8 Å². The lowest BCUT2D eigenvalue weighted by Gasteiger charge is -2.28. The molecule has 5 rings (SSSR count). The van der Waals surface area contributed by atoms with E-state index in [1.165, 1.54) is 30.6 Å². The second kappa shape index (κ2) is 4.98. The first-order valence-electron chi connectivity index (χ1n) is 8.28. The molecule has 0 amide bonds. The van der Waals surface area contributed by atoms with Crippen molar-refractivity contribution in [2.24, 2.45) is 0 Å². The predicted octanol–water partition coefficient (Wildman–Crippen LogP) is 2.95. The normalized spacial score (nSPS) is 20.4. The largest absolute Gasteiger partial charge is 0.366 e. The molecule has 2 aliphatic heterocycles. The Labute approximate surface area is 135 Å². The number of hydrogen-bond donors (Lipinski definition) is 1. The van der Waals surface area contributed by atoms with Gasteiger partial charge in [-0.3, -0.25) is 0 Å². The molecule has 0 bridgehead atoms. The Bertz CT molecular complexity index is 855. The van der Waals surface area contributed by atoms with Gasteiger partial charge in [-0.25, -0.2) is 9.97 Å². The molecule has 0 aliphatic carbocycles. The third-order valence-corrected chi connectivity index (χ3v) is 5.10. The first kappa shape index (κ1) is 12.9. The van der Waals surface area contributed by atoms with Crippen LogP contribution in [0, 0.1) is 0 Å². The lowest BCUT2D eigenvalue weighted by atomic mass is 10.1. The molecule has 2 aliphatic rings. The fourth-order valence-electron chi connectivity index (χ4n) is 4.06. The molecule has 2 aromatic heterocycles. The molecule has 116 valence electrons. The highest BCUT2D eigenvalue weighted by molar-refractivity contribution is 5.87. The number of anilines is 2. The van der Waals surface area contributed by atoms with E-state index in [1.54, 1.807) is 6.33 Å². The predicted molar refractivity (Wildman–Crippen MR) is 91.7 cm³/mol. The van der Waals surface area contributed by atoms with Gasteiger partial charge in [0.25, 0.3) is 0 Å². The molecule has 3 aromatic rings. The van der Waals surface area contributed by atoms with Crippen molar-refractivity contribution in [2.75, 3.05) is 22.9 Å². The fraction of sp³-hybridized carbons (Fsp3) is 0.333. The second-order valence-corrected chi connectivity index (χ2v) is 6.44. The molecule has 5 heteroatoms. The Balaban J connectivity index is 1.63. The molecule has 23 heavy (non-hydrogen) atoms. The molecule has 1 N–H and O–H groups in total. The number of H-pyrrole nitrogens is 1. The van der Waals surface area contributed by atoms with E-state index in [4.69, 9.17) is 0 Å². The van der Waals surface area contributed by atoms with Crippen molar-refractivity contribution in [1.82, 2.24) is 15.0 Å². The third kappa shape index (κ3) is 2.00. The van der Waals surface area contributed by atoms with Crippen molar-refractivity contribution in [3.8, 4) is 0 Å². The van der Waals surface area contributed by atoms with E-state index in [1.807, 2.05) is 6.20 Å². The number of fused-ring (bicyclic) bond motifs is 4. The number of benzene rings is 1. The summed E-state index contributed by atoms with van der Waals surface area (Å²) in [6.45, 7) is 3.09. The first-order valence-corrected chi connectivity index (χ1v) is 8.28. The Morgan fingerprint density at radius 2 is 2.09 bits per heavy atom. The van der Waals surface area contributed by atoms with E-state index >= 15 is 0 Å². The highest BCUT2D eigenvalue weighted by atomic mass is 15.3. The Morgan fingerprint density at radius 1 is 1.13 bits per heavy atom. The number of nitrogens with zero attached hydrogens (tertiary/aromatic N) is 4. The van der Waals surface area contributed by atoms with E-state index in [0.29, 0.717) is 6.04 Å².